The lowest BCUT2D eigenvalue weighted by Gasteiger charge is -2.50. The number of benzene rings is 3. The highest BCUT2D eigenvalue weighted by Gasteiger charge is 2.51. The van der Waals surface area contributed by atoms with Crippen molar-refractivity contribution >= 4 is 18.0 Å². The maximum atomic E-state index is 14.7. The van der Waals surface area contributed by atoms with E-state index in [9.17, 15) is 14.0 Å². The van der Waals surface area contributed by atoms with Crippen LogP contribution in [0.5, 0.6) is 11.5 Å². The van der Waals surface area contributed by atoms with Gasteiger partial charge in [0.1, 0.15) is 22.9 Å². The Morgan fingerprint density at radius 3 is 2.42 bits per heavy atom. The first kappa shape index (κ1) is 25.8. The first-order valence-corrected chi connectivity index (χ1v) is 13.0. The summed E-state index contributed by atoms with van der Waals surface area (Å²) >= 11 is 0. The van der Waals surface area contributed by atoms with Crippen LogP contribution in [0.3, 0.4) is 0 Å². The Hall–Kier alpha value is -3.87. The van der Waals surface area contributed by atoms with Crippen molar-refractivity contribution in [2.75, 3.05) is 19.5 Å². The predicted octanol–water partition coefficient (Wildman–Crippen LogP) is 5.39. The minimum absolute atomic E-state index is 0.0112. The van der Waals surface area contributed by atoms with Gasteiger partial charge in [-0.25, -0.2) is 4.39 Å². The molecule has 0 heterocycles. The molecule has 3 aromatic carbocycles. The zero-order valence-corrected chi connectivity index (χ0v) is 21.8. The number of nitrogens with one attached hydrogen (secondary N) is 1. The highest BCUT2D eigenvalue weighted by molar-refractivity contribution is 6.00. The minimum Gasteiger partial charge on any atom is -0.497 e. The molecular weight excluding hydrogens is 483 g/mol. The smallest absolute Gasteiger partial charge is 0.250 e. The van der Waals surface area contributed by atoms with Gasteiger partial charge in [-0.05, 0) is 73.3 Å². The molecule has 2 amide bonds. The highest BCUT2D eigenvalue weighted by Crippen LogP contribution is 2.47. The number of nitrogens with zero attached hydrogens (tertiary/aromatic N) is 1. The standard InChI is InChI=1S/C31H33FN2O4/c1-37-26-11-12-28(29(17-26)38-2)33-30(36)31(34(20-35)19-24-9-5-6-10-27(24)32)14-13-23-15-21-7-3-4-8-22(21)16-25(23)18-31/h3-12,17,20,23,25H,13-16,18-19H2,1-2H3,(H,33,36). The molecule has 7 heteroatoms. The van der Waals surface area contributed by atoms with Gasteiger partial charge < -0.3 is 19.7 Å². The summed E-state index contributed by atoms with van der Waals surface area (Å²) in [6.45, 7) is 0.0112. The summed E-state index contributed by atoms with van der Waals surface area (Å²) in [6, 6.07) is 20.0. The SMILES string of the molecule is COc1ccc(NC(=O)C2(N(C=O)Cc3ccccc3F)CCC3Cc4ccccc4CC3C2)c(OC)c1. The molecule has 0 spiro atoms. The number of fused-ring (bicyclic) bond motifs is 2. The minimum atomic E-state index is -1.14. The quantitative estimate of drug-likeness (QED) is 0.408. The van der Waals surface area contributed by atoms with Gasteiger partial charge in [0, 0.05) is 18.2 Å². The number of carbonyl (C=O) groups is 2. The van der Waals surface area contributed by atoms with Crippen LogP contribution in [0.1, 0.15) is 36.0 Å². The van der Waals surface area contributed by atoms with E-state index in [2.05, 4.69) is 23.5 Å². The lowest BCUT2D eigenvalue weighted by atomic mass is 9.62. The number of ether oxygens (including phenoxy) is 2. The van der Waals surface area contributed by atoms with Crippen LogP contribution in [-0.4, -0.2) is 37.0 Å². The molecule has 198 valence electrons. The van der Waals surface area contributed by atoms with E-state index in [1.54, 1.807) is 43.5 Å². The summed E-state index contributed by atoms with van der Waals surface area (Å²) in [5.74, 6) is 1.03. The number of hydrogen-bond acceptors (Lipinski definition) is 4. The molecule has 0 aliphatic heterocycles. The number of hydrogen-bond donors (Lipinski definition) is 1. The van der Waals surface area contributed by atoms with E-state index in [1.807, 2.05) is 6.07 Å². The number of carbonyl (C=O) groups excluding carboxylic acids is 2. The van der Waals surface area contributed by atoms with Crippen molar-refractivity contribution in [2.45, 2.75) is 44.2 Å². The van der Waals surface area contributed by atoms with Crippen molar-refractivity contribution in [1.82, 2.24) is 4.90 Å². The molecule has 2 aliphatic carbocycles. The fourth-order valence-electron chi connectivity index (χ4n) is 6.23. The molecule has 0 saturated heterocycles. The second kappa shape index (κ2) is 10.9. The van der Waals surface area contributed by atoms with E-state index in [1.165, 1.54) is 29.2 Å². The Morgan fingerprint density at radius 1 is 1.03 bits per heavy atom. The average molecular weight is 517 g/mol. The molecule has 0 radical (unpaired) electrons. The molecule has 3 unspecified atom stereocenters. The molecule has 1 saturated carbocycles. The summed E-state index contributed by atoms with van der Waals surface area (Å²) in [4.78, 5) is 28.4. The maximum absolute atomic E-state index is 14.7. The second-order valence-electron chi connectivity index (χ2n) is 10.3. The number of methoxy groups -OCH3 is 2. The molecule has 1 fully saturated rings. The monoisotopic (exact) mass is 516 g/mol. The fraction of sp³-hybridized carbons (Fsp3) is 0.355. The lowest BCUT2D eigenvalue weighted by Crippen LogP contribution is -2.60. The van der Waals surface area contributed by atoms with Crippen LogP contribution in [-0.2, 0) is 29.0 Å². The van der Waals surface area contributed by atoms with Gasteiger partial charge in [0.05, 0.1) is 19.9 Å². The van der Waals surface area contributed by atoms with Crippen molar-refractivity contribution in [3.8, 4) is 11.5 Å². The Labute approximate surface area is 222 Å². The van der Waals surface area contributed by atoms with Crippen molar-refractivity contribution < 1.29 is 23.5 Å². The van der Waals surface area contributed by atoms with Crippen LogP contribution in [0, 0.1) is 17.7 Å². The molecule has 0 aromatic heterocycles. The Morgan fingerprint density at radius 2 is 1.74 bits per heavy atom. The van der Waals surface area contributed by atoms with Crippen molar-refractivity contribution in [3.05, 3.63) is 89.2 Å². The highest BCUT2D eigenvalue weighted by atomic mass is 19.1. The fourth-order valence-corrected chi connectivity index (χ4v) is 6.23. The first-order chi connectivity index (χ1) is 18.5. The van der Waals surface area contributed by atoms with E-state index in [-0.39, 0.29) is 18.4 Å². The van der Waals surface area contributed by atoms with Crippen LogP contribution in [0.25, 0.3) is 0 Å². The van der Waals surface area contributed by atoms with Crippen LogP contribution < -0.4 is 14.8 Å². The first-order valence-electron chi connectivity index (χ1n) is 13.0. The van der Waals surface area contributed by atoms with Gasteiger partial charge in [0.15, 0.2) is 0 Å². The van der Waals surface area contributed by atoms with E-state index in [0.717, 1.165) is 19.3 Å². The van der Waals surface area contributed by atoms with Crippen molar-refractivity contribution in [1.29, 1.82) is 0 Å². The summed E-state index contributed by atoms with van der Waals surface area (Å²) in [5, 5.41) is 3.04. The van der Waals surface area contributed by atoms with E-state index in [0.29, 0.717) is 47.9 Å². The van der Waals surface area contributed by atoms with Crippen LogP contribution >= 0.6 is 0 Å². The third kappa shape index (κ3) is 4.85. The third-order valence-corrected chi connectivity index (χ3v) is 8.33. The van der Waals surface area contributed by atoms with Gasteiger partial charge in [-0.1, -0.05) is 42.5 Å². The van der Waals surface area contributed by atoms with E-state index in [4.69, 9.17) is 9.47 Å². The number of anilines is 1. The van der Waals surface area contributed by atoms with Gasteiger partial charge in [0.2, 0.25) is 12.3 Å². The van der Waals surface area contributed by atoms with Crippen LogP contribution in [0.2, 0.25) is 0 Å². The van der Waals surface area contributed by atoms with Gasteiger partial charge in [-0.2, -0.15) is 0 Å². The van der Waals surface area contributed by atoms with Crippen molar-refractivity contribution in [2.24, 2.45) is 11.8 Å². The van der Waals surface area contributed by atoms with Crippen molar-refractivity contribution in [3.63, 3.8) is 0 Å². The maximum Gasteiger partial charge on any atom is 0.250 e. The van der Waals surface area contributed by atoms with Crippen LogP contribution in [0.15, 0.2) is 66.7 Å². The summed E-state index contributed by atoms with van der Waals surface area (Å²) in [7, 11) is 3.09. The molecule has 2 aliphatic rings. The molecular formula is C31H33FN2O4. The average Bonchev–Trinajstić information content (AvgIpc) is 2.95. The van der Waals surface area contributed by atoms with E-state index >= 15 is 0 Å². The largest absolute Gasteiger partial charge is 0.497 e. The normalized spacial score (nSPS) is 22.0. The van der Waals surface area contributed by atoms with E-state index < -0.39 is 11.4 Å². The van der Waals surface area contributed by atoms with Gasteiger partial charge >= 0.3 is 0 Å². The van der Waals surface area contributed by atoms with Gasteiger partial charge in [-0.3, -0.25) is 9.59 Å². The lowest BCUT2D eigenvalue weighted by molar-refractivity contribution is -0.143. The third-order valence-electron chi connectivity index (χ3n) is 8.33. The molecule has 6 nitrogen and oxygen atoms in total. The molecule has 1 N–H and O–H groups in total. The molecule has 0 bridgehead atoms. The summed E-state index contributed by atoms with van der Waals surface area (Å²) in [6.07, 6.45) is 4.33. The Kier molecular flexibility index (Phi) is 7.36. The molecule has 3 aromatic rings. The Balaban J connectivity index is 1.50. The van der Waals surface area contributed by atoms with Gasteiger partial charge in [-0.15, -0.1) is 0 Å². The number of rotatable bonds is 8. The molecule has 38 heavy (non-hydrogen) atoms. The topological polar surface area (TPSA) is 67.9 Å². The predicted molar refractivity (Wildman–Crippen MR) is 144 cm³/mol. The zero-order valence-electron chi connectivity index (χ0n) is 21.8. The van der Waals surface area contributed by atoms with Gasteiger partial charge in [0.25, 0.3) is 0 Å². The second-order valence-corrected chi connectivity index (χ2v) is 10.3. The number of amides is 2. The zero-order chi connectivity index (χ0) is 26.7. The van der Waals surface area contributed by atoms with Crippen LogP contribution in [0.4, 0.5) is 10.1 Å². The summed E-state index contributed by atoms with van der Waals surface area (Å²) < 4.78 is 25.5. The Bertz CT molecular complexity index is 1330. The number of halogens is 1. The molecule has 5 rings (SSSR count). The molecule has 3 atom stereocenters. The summed E-state index contributed by atoms with van der Waals surface area (Å²) in [5.41, 5.74) is 2.40.